The van der Waals surface area contributed by atoms with E-state index in [4.69, 9.17) is 0 Å². The summed E-state index contributed by atoms with van der Waals surface area (Å²) in [4.78, 5) is 0. The first-order chi connectivity index (χ1) is 8.24. The van der Waals surface area contributed by atoms with E-state index >= 15 is 0 Å². The van der Waals surface area contributed by atoms with Gasteiger partial charge in [0.15, 0.2) is 0 Å². The summed E-state index contributed by atoms with van der Waals surface area (Å²) in [6.45, 7) is 4.53. The van der Waals surface area contributed by atoms with Crippen molar-refractivity contribution in [1.29, 1.82) is 0 Å². The average Bonchev–Trinajstić information content (AvgIpc) is 2.91. The van der Waals surface area contributed by atoms with Crippen LogP contribution in [-0.4, -0.2) is 6.04 Å². The summed E-state index contributed by atoms with van der Waals surface area (Å²) in [5, 5.41) is 3.87. The Kier molecular flexibility index (Phi) is 2.96. The molecule has 2 aliphatic carbocycles. The molecule has 17 heavy (non-hydrogen) atoms. The van der Waals surface area contributed by atoms with E-state index in [0.717, 1.165) is 17.9 Å². The van der Waals surface area contributed by atoms with E-state index in [1.807, 2.05) is 0 Å². The van der Waals surface area contributed by atoms with Gasteiger partial charge in [0.05, 0.1) is 0 Å². The lowest BCUT2D eigenvalue weighted by molar-refractivity contribution is 0.326. The summed E-state index contributed by atoms with van der Waals surface area (Å²) in [6.07, 6.45) is 5.85. The lowest BCUT2D eigenvalue weighted by atomic mass is 9.93. The van der Waals surface area contributed by atoms with Crippen LogP contribution in [0.5, 0.6) is 0 Å². The van der Waals surface area contributed by atoms with Crippen LogP contribution < -0.4 is 5.32 Å². The van der Waals surface area contributed by atoms with Crippen molar-refractivity contribution >= 4 is 0 Å². The third-order valence-electron chi connectivity index (χ3n) is 4.86. The average molecular weight is 229 g/mol. The minimum Gasteiger partial charge on any atom is -0.307 e. The fourth-order valence-corrected chi connectivity index (χ4v) is 3.93. The molecule has 4 atom stereocenters. The second-order valence-electron chi connectivity index (χ2n) is 6.03. The second kappa shape index (κ2) is 4.45. The van der Waals surface area contributed by atoms with Gasteiger partial charge in [0.25, 0.3) is 0 Å². The summed E-state index contributed by atoms with van der Waals surface area (Å²) in [5.41, 5.74) is 2.88. The van der Waals surface area contributed by atoms with Crippen molar-refractivity contribution in [3.8, 4) is 0 Å². The number of rotatable bonds is 3. The van der Waals surface area contributed by atoms with Crippen molar-refractivity contribution in [2.45, 2.75) is 51.6 Å². The van der Waals surface area contributed by atoms with E-state index in [0.29, 0.717) is 6.04 Å². The highest BCUT2D eigenvalue weighted by molar-refractivity contribution is 5.28. The molecule has 1 aromatic carbocycles. The van der Waals surface area contributed by atoms with Crippen LogP contribution >= 0.6 is 0 Å². The third kappa shape index (κ3) is 2.13. The minimum absolute atomic E-state index is 0.501. The van der Waals surface area contributed by atoms with Gasteiger partial charge < -0.3 is 5.32 Å². The van der Waals surface area contributed by atoms with Crippen molar-refractivity contribution in [2.24, 2.45) is 11.8 Å². The highest BCUT2D eigenvalue weighted by atomic mass is 15.0. The molecule has 0 aliphatic heterocycles. The molecule has 92 valence electrons. The predicted octanol–water partition coefficient (Wildman–Crippen LogP) is 3.83. The summed E-state index contributed by atoms with van der Waals surface area (Å²) in [6, 6.07) is 10.0. The molecule has 0 spiro atoms. The largest absolute Gasteiger partial charge is 0.307 e. The van der Waals surface area contributed by atoms with Crippen molar-refractivity contribution < 1.29 is 0 Å². The number of benzene rings is 1. The Labute approximate surface area is 105 Å². The molecule has 1 nitrogen and oxygen atoms in total. The fourth-order valence-electron chi connectivity index (χ4n) is 3.93. The van der Waals surface area contributed by atoms with Crippen LogP contribution in [-0.2, 0) is 0 Å². The first-order valence-electron chi connectivity index (χ1n) is 7.05. The Balaban J connectivity index is 1.68. The summed E-state index contributed by atoms with van der Waals surface area (Å²) < 4.78 is 0. The summed E-state index contributed by atoms with van der Waals surface area (Å²) >= 11 is 0. The molecule has 3 rings (SSSR count). The molecule has 2 aliphatic rings. The van der Waals surface area contributed by atoms with Crippen molar-refractivity contribution in [1.82, 2.24) is 5.32 Å². The molecule has 0 radical (unpaired) electrons. The molecule has 1 heteroatoms. The summed E-state index contributed by atoms with van der Waals surface area (Å²) in [5.74, 6) is 1.99. The first kappa shape index (κ1) is 11.3. The van der Waals surface area contributed by atoms with Crippen LogP contribution in [0.3, 0.4) is 0 Å². The van der Waals surface area contributed by atoms with Crippen LogP contribution in [0.1, 0.15) is 49.8 Å². The highest BCUT2D eigenvalue weighted by Gasteiger charge is 2.39. The topological polar surface area (TPSA) is 12.0 Å². The van der Waals surface area contributed by atoms with Crippen LogP contribution in [0.15, 0.2) is 24.3 Å². The molecule has 0 aromatic heterocycles. The van der Waals surface area contributed by atoms with Crippen molar-refractivity contribution in [3.05, 3.63) is 35.4 Å². The van der Waals surface area contributed by atoms with E-state index in [2.05, 4.69) is 43.4 Å². The maximum absolute atomic E-state index is 3.87. The number of fused-ring (bicyclic) bond motifs is 2. The van der Waals surface area contributed by atoms with E-state index in [-0.39, 0.29) is 0 Å². The lowest BCUT2D eigenvalue weighted by Crippen LogP contribution is -2.35. The van der Waals surface area contributed by atoms with E-state index in [9.17, 15) is 0 Å². The van der Waals surface area contributed by atoms with Gasteiger partial charge in [0.1, 0.15) is 0 Å². The van der Waals surface area contributed by atoms with Gasteiger partial charge in [-0.05, 0) is 56.1 Å². The highest BCUT2D eigenvalue weighted by Crippen LogP contribution is 2.45. The van der Waals surface area contributed by atoms with Gasteiger partial charge in [0, 0.05) is 12.1 Å². The first-order valence-corrected chi connectivity index (χ1v) is 7.05. The number of hydrogen-bond acceptors (Lipinski definition) is 1. The zero-order chi connectivity index (χ0) is 11.8. The van der Waals surface area contributed by atoms with Crippen molar-refractivity contribution in [3.63, 3.8) is 0 Å². The Bertz CT molecular complexity index is 398. The van der Waals surface area contributed by atoms with Gasteiger partial charge in [-0.1, -0.05) is 30.7 Å². The normalized spacial score (nSPS) is 32.9. The molecule has 0 heterocycles. The van der Waals surface area contributed by atoms with Gasteiger partial charge in [-0.15, -0.1) is 0 Å². The third-order valence-corrected chi connectivity index (χ3v) is 4.86. The van der Waals surface area contributed by atoms with Gasteiger partial charge in [-0.3, -0.25) is 0 Å². The van der Waals surface area contributed by atoms with E-state index in [1.54, 1.807) is 0 Å². The van der Waals surface area contributed by atoms with Crippen LogP contribution in [0.25, 0.3) is 0 Å². The zero-order valence-electron chi connectivity index (χ0n) is 10.9. The second-order valence-corrected chi connectivity index (χ2v) is 6.03. The van der Waals surface area contributed by atoms with Gasteiger partial charge in [-0.2, -0.15) is 0 Å². The number of aryl methyl sites for hydroxylation is 1. The Hall–Kier alpha value is -0.820. The lowest BCUT2D eigenvalue weighted by Gasteiger charge is -2.27. The minimum atomic E-state index is 0.501. The molecule has 1 aromatic rings. The molecular weight excluding hydrogens is 206 g/mol. The maximum atomic E-state index is 3.87. The van der Waals surface area contributed by atoms with Gasteiger partial charge in [0.2, 0.25) is 0 Å². The van der Waals surface area contributed by atoms with Crippen LogP contribution in [0.2, 0.25) is 0 Å². The van der Waals surface area contributed by atoms with Crippen molar-refractivity contribution in [2.75, 3.05) is 0 Å². The standard InChI is InChI=1S/C16H23N/c1-11-5-3-4-6-15(11)12(2)17-16-10-13-7-8-14(16)9-13/h3-6,12-14,16-17H,7-10H2,1-2H3/t12-,13?,14?,16?/m0/s1. The van der Waals surface area contributed by atoms with Crippen LogP contribution in [0, 0.1) is 18.8 Å². The fraction of sp³-hybridized carbons (Fsp3) is 0.625. The summed E-state index contributed by atoms with van der Waals surface area (Å²) in [7, 11) is 0. The number of nitrogens with one attached hydrogen (secondary N) is 1. The van der Waals surface area contributed by atoms with Crippen LogP contribution in [0.4, 0.5) is 0 Å². The molecular formula is C16H23N. The predicted molar refractivity (Wildman–Crippen MR) is 72.0 cm³/mol. The Morgan fingerprint density at radius 2 is 2.00 bits per heavy atom. The molecule has 1 N–H and O–H groups in total. The van der Waals surface area contributed by atoms with E-state index < -0.39 is 0 Å². The molecule has 0 amide bonds. The molecule has 2 saturated carbocycles. The zero-order valence-corrected chi connectivity index (χ0v) is 10.9. The monoisotopic (exact) mass is 229 g/mol. The molecule has 2 fully saturated rings. The SMILES string of the molecule is Cc1ccccc1[C@H](C)NC1CC2CCC1C2. The molecule has 0 saturated heterocycles. The van der Waals surface area contributed by atoms with Gasteiger partial charge >= 0.3 is 0 Å². The number of hydrogen-bond donors (Lipinski definition) is 1. The van der Waals surface area contributed by atoms with E-state index in [1.165, 1.54) is 36.8 Å². The Morgan fingerprint density at radius 1 is 1.18 bits per heavy atom. The molecule has 3 unspecified atom stereocenters. The maximum Gasteiger partial charge on any atom is 0.0297 e. The quantitative estimate of drug-likeness (QED) is 0.830. The molecule has 2 bridgehead atoms. The Morgan fingerprint density at radius 3 is 2.65 bits per heavy atom. The smallest absolute Gasteiger partial charge is 0.0297 e. The van der Waals surface area contributed by atoms with Gasteiger partial charge in [-0.25, -0.2) is 0 Å².